The Morgan fingerprint density at radius 3 is 2.43 bits per heavy atom. The van der Waals surface area contributed by atoms with Gasteiger partial charge in [-0.25, -0.2) is 0 Å². The normalized spacial score (nSPS) is 11.2. The molecule has 0 aliphatic carbocycles. The molecule has 0 aliphatic heterocycles. The van der Waals surface area contributed by atoms with Crippen LogP contribution in [-0.4, -0.2) is 18.8 Å². The van der Waals surface area contributed by atoms with Gasteiger partial charge in [0.1, 0.15) is 5.75 Å². The molecule has 1 amide bonds. The van der Waals surface area contributed by atoms with Crippen molar-refractivity contribution < 1.29 is 14.3 Å². The number of ether oxygens (including phenoxy) is 1. The second-order valence-electron chi connectivity index (χ2n) is 6.54. The predicted octanol–water partition coefficient (Wildman–Crippen LogP) is 5.12. The second kappa shape index (κ2) is 9.77. The number of Topliss-reactive ketones (excluding diaryl/α,β-unsaturated/α-hetero) is 1. The van der Waals surface area contributed by atoms with Gasteiger partial charge >= 0.3 is 0 Å². The fraction of sp³-hybridized carbons (Fsp3) is 0.125. The van der Waals surface area contributed by atoms with E-state index in [9.17, 15) is 14.9 Å². The molecule has 0 aliphatic rings. The number of rotatable bonds is 7. The number of carbonyl (C=O) groups is 2. The minimum absolute atomic E-state index is 0.316. The Labute approximate surface area is 179 Å². The number of nitrogens with zero attached hydrogens (tertiary/aromatic N) is 1. The first kappa shape index (κ1) is 21.2. The Morgan fingerprint density at radius 2 is 1.77 bits per heavy atom. The molecule has 3 rings (SSSR count). The van der Waals surface area contributed by atoms with Gasteiger partial charge < -0.3 is 10.1 Å². The van der Waals surface area contributed by atoms with Gasteiger partial charge in [-0.3, -0.25) is 9.59 Å². The first-order chi connectivity index (χ1) is 14.5. The van der Waals surface area contributed by atoms with E-state index in [2.05, 4.69) is 5.32 Å². The smallest absolute Gasteiger partial charge is 0.249 e. The van der Waals surface area contributed by atoms with Gasteiger partial charge in [-0.1, -0.05) is 48.2 Å². The van der Waals surface area contributed by atoms with Gasteiger partial charge in [0.15, 0.2) is 11.7 Å². The Bertz CT molecular complexity index is 1100. The van der Waals surface area contributed by atoms with Crippen molar-refractivity contribution in [2.45, 2.75) is 16.7 Å². The van der Waals surface area contributed by atoms with Crippen molar-refractivity contribution in [2.24, 2.45) is 5.92 Å². The van der Waals surface area contributed by atoms with Crippen molar-refractivity contribution in [3.05, 3.63) is 83.9 Å². The van der Waals surface area contributed by atoms with Crippen molar-refractivity contribution in [2.75, 3.05) is 12.4 Å². The highest BCUT2D eigenvalue weighted by atomic mass is 32.2. The largest absolute Gasteiger partial charge is 0.497 e. The molecule has 1 atom stereocenters. The molecule has 0 bridgehead atoms. The maximum absolute atomic E-state index is 12.7. The maximum Gasteiger partial charge on any atom is 0.249 e. The molecule has 0 heterocycles. The van der Waals surface area contributed by atoms with Crippen LogP contribution in [0.5, 0.6) is 5.75 Å². The van der Waals surface area contributed by atoms with E-state index >= 15 is 0 Å². The van der Waals surface area contributed by atoms with E-state index in [1.807, 2.05) is 49.4 Å². The molecule has 1 N–H and O–H groups in total. The van der Waals surface area contributed by atoms with E-state index in [1.165, 1.54) is 12.7 Å². The third-order valence-electron chi connectivity index (χ3n) is 4.45. The molecule has 0 radical (unpaired) electrons. The Hall–Kier alpha value is -3.56. The molecular formula is C24H20N2O3S. The van der Waals surface area contributed by atoms with Crippen LogP contribution in [0.1, 0.15) is 15.9 Å². The van der Waals surface area contributed by atoms with Crippen molar-refractivity contribution in [1.29, 1.82) is 5.26 Å². The molecule has 3 aromatic carbocycles. The van der Waals surface area contributed by atoms with Gasteiger partial charge in [0.25, 0.3) is 0 Å². The SMILES string of the molecule is COc1cccc(NC(=O)[C@H](C#N)C(=O)c2ccc(Sc3ccccc3C)cc2)c1. The van der Waals surface area contributed by atoms with Crippen LogP contribution in [-0.2, 0) is 4.79 Å². The molecule has 0 aromatic heterocycles. The highest BCUT2D eigenvalue weighted by Crippen LogP contribution is 2.30. The molecule has 0 saturated carbocycles. The molecule has 30 heavy (non-hydrogen) atoms. The Morgan fingerprint density at radius 1 is 1.03 bits per heavy atom. The van der Waals surface area contributed by atoms with E-state index in [0.29, 0.717) is 17.0 Å². The lowest BCUT2D eigenvalue weighted by atomic mass is 9.98. The van der Waals surface area contributed by atoms with Crippen molar-refractivity contribution in [3.8, 4) is 11.8 Å². The minimum atomic E-state index is -1.44. The summed E-state index contributed by atoms with van der Waals surface area (Å²) in [7, 11) is 1.52. The lowest BCUT2D eigenvalue weighted by molar-refractivity contribution is -0.117. The summed E-state index contributed by atoms with van der Waals surface area (Å²) in [6.45, 7) is 2.04. The summed E-state index contributed by atoms with van der Waals surface area (Å²) in [6, 6.07) is 23.5. The molecule has 0 fully saturated rings. The van der Waals surface area contributed by atoms with Gasteiger partial charge in [-0.2, -0.15) is 5.26 Å². The first-order valence-corrected chi connectivity index (χ1v) is 10.1. The van der Waals surface area contributed by atoms with Crippen molar-refractivity contribution in [3.63, 3.8) is 0 Å². The number of nitriles is 1. The van der Waals surface area contributed by atoms with E-state index in [4.69, 9.17) is 4.74 Å². The molecule has 0 spiro atoms. The van der Waals surface area contributed by atoms with Gasteiger partial charge in [0, 0.05) is 27.1 Å². The average molecular weight is 417 g/mol. The number of hydrogen-bond donors (Lipinski definition) is 1. The molecule has 0 saturated heterocycles. The molecule has 5 nitrogen and oxygen atoms in total. The summed E-state index contributed by atoms with van der Waals surface area (Å²) in [5, 5.41) is 12.0. The highest BCUT2D eigenvalue weighted by Gasteiger charge is 2.27. The van der Waals surface area contributed by atoms with E-state index < -0.39 is 17.6 Å². The van der Waals surface area contributed by atoms with Crippen LogP contribution in [0.25, 0.3) is 0 Å². The van der Waals surface area contributed by atoms with Crippen LogP contribution < -0.4 is 10.1 Å². The summed E-state index contributed by atoms with van der Waals surface area (Å²) >= 11 is 1.59. The maximum atomic E-state index is 12.7. The third kappa shape index (κ3) is 5.07. The zero-order valence-corrected chi connectivity index (χ0v) is 17.4. The van der Waals surface area contributed by atoms with Gasteiger partial charge in [-0.05, 0) is 42.8 Å². The van der Waals surface area contributed by atoms with Crippen molar-refractivity contribution >= 4 is 29.1 Å². The standard InChI is InChI=1S/C24H20N2O3S/c1-16-6-3-4-9-22(16)30-20-12-10-17(11-13-20)23(27)21(15-25)24(28)26-18-7-5-8-19(14-18)29-2/h3-14,21H,1-2H3,(H,26,28)/t21-/m1/s1. The number of anilines is 1. The van der Waals surface area contributed by atoms with Crippen molar-refractivity contribution in [1.82, 2.24) is 0 Å². The fourth-order valence-corrected chi connectivity index (χ4v) is 3.71. The quantitative estimate of drug-likeness (QED) is 0.427. The lowest BCUT2D eigenvalue weighted by Gasteiger charge is -2.11. The Kier molecular flexibility index (Phi) is 6.89. The number of aryl methyl sites for hydroxylation is 1. The zero-order chi connectivity index (χ0) is 21.5. The fourth-order valence-electron chi connectivity index (χ4n) is 2.80. The van der Waals surface area contributed by atoms with Gasteiger partial charge in [-0.15, -0.1) is 0 Å². The van der Waals surface area contributed by atoms with E-state index in [-0.39, 0.29) is 0 Å². The van der Waals surface area contributed by atoms with Crippen LogP contribution in [0.2, 0.25) is 0 Å². The Balaban J connectivity index is 1.71. The summed E-state index contributed by atoms with van der Waals surface area (Å²) < 4.78 is 5.12. The molecule has 0 unspecified atom stereocenters. The molecule has 3 aromatic rings. The van der Waals surface area contributed by atoms with Crippen LogP contribution in [0.3, 0.4) is 0 Å². The lowest BCUT2D eigenvalue weighted by Crippen LogP contribution is -2.28. The predicted molar refractivity (Wildman–Crippen MR) is 117 cm³/mol. The number of nitrogens with one attached hydrogen (secondary N) is 1. The number of hydrogen-bond acceptors (Lipinski definition) is 5. The van der Waals surface area contributed by atoms with E-state index in [0.717, 1.165) is 9.79 Å². The monoisotopic (exact) mass is 416 g/mol. The van der Waals surface area contributed by atoms with Gasteiger partial charge in [0.2, 0.25) is 5.91 Å². The summed E-state index contributed by atoms with van der Waals surface area (Å²) in [5.74, 6) is -2.08. The summed E-state index contributed by atoms with van der Waals surface area (Å²) in [4.78, 5) is 27.3. The number of benzene rings is 3. The summed E-state index contributed by atoms with van der Waals surface area (Å²) in [5.41, 5.74) is 1.94. The highest BCUT2D eigenvalue weighted by molar-refractivity contribution is 7.99. The molecular weight excluding hydrogens is 396 g/mol. The van der Waals surface area contributed by atoms with Crippen LogP contribution in [0, 0.1) is 24.2 Å². The third-order valence-corrected chi connectivity index (χ3v) is 5.64. The minimum Gasteiger partial charge on any atom is -0.497 e. The second-order valence-corrected chi connectivity index (χ2v) is 7.65. The number of ketones is 1. The molecule has 6 heteroatoms. The number of amides is 1. The average Bonchev–Trinajstić information content (AvgIpc) is 2.76. The number of methoxy groups -OCH3 is 1. The molecule has 150 valence electrons. The zero-order valence-electron chi connectivity index (χ0n) is 16.6. The first-order valence-electron chi connectivity index (χ1n) is 9.24. The van der Waals surface area contributed by atoms with Crippen LogP contribution in [0.4, 0.5) is 5.69 Å². The topological polar surface area (TPSA) is 79.2 Å². The van der Waals surface area contributed by atoms with E-state index in [1.54, 1.807) is 48.2 Å². The van der Waals surface area contributed by atoms with Crippen LogP contribution >= 0.6 is 11.8 Å². The van der Waals surface area contributed by atoms with Crippen LogP contribution in [0.15, 0.2) is 82.6 Å². The summed E-state index contributed by atoms with van der Waals surface area (Å²) in [6.07, 6.45) is 0. The number of carbonyl (C=O) groups excluding carboxylic acids is 2. The van der Waals surface area contributed by atoms with Gasteiger partial charge in [0.05, 0.1) is 13.2 Å².